The molecule has 22 heavy (non-hydrogen) atoms. The van der Waals surface area contributed by atoms with Gasteiger partial charge in [-0.1, -0.05) is 0 Å². The average molecular weight is 310 g/mol. The molecule has 2 aromatic heterocycles. The summed E-state index contributed by atoms with van der Waals surface area (Å²) in [6.45, 7) is 0. The minimum Gasteiger partial charge on any atom is -0.313 e. The van der Waals surface area contributed by atoms with Crippen LogP contribution in [-0.4, -0.2) is 19.9 Å². The number of aromatic nitrogens is 4. The SMILES string of the molecule is O=c1[nH]cnc2cc(-c3ncc(C(F)(F)F)cn3)c(F)cc12. The second-order valence-electron chi connectivity index (χ2n) is 4.37. The number of nitrogens with one attached hydrogen (secondary N) is 1. The van der Waals surface area contributed by atoms with Gasteiger partial charge in [0.1, 0.15) is 5.82 Å². The highest BCUT2D eigenvalue weighted by molar-refractivity contribution is 5.82. The van der Waals surface area contributed by atoms with E-state index in [4.69, 9.17) is 0 Å². The van der Waals surface area contributed by atoms with E-state index in [1.807, 2.05) is 0 Å². The number of nitrogens with zero attached hydrogens (tertiary/aromatic N) is 3. The summed E-state index contributed by atoms with van der Waals surface area (Å²) in [5.74, 6) is -1.06. The lowest BCUT2D eigenvalue weighted by atomic mass is 10.1. The maximum Gasteiger partial charge on any atom is 0.419 e. The van der Waals surface area contributed by atoms with E-state index in [1.54, 1.807) is 0 Å². The van der Waals surface area contributed by atoms with Gasteiger partial charge >= 0.3 is 6.18 Å². The van der Waals surface area contributed by atoms with Crippen LogP contribution < -0.4 is 5.56 Å². The number of aromatic amines is 1. The first kappa shape index (κ1) is 14.1. The van der Waals surface area contributed by atoms with Gasteiger partial charge in [0.15, 0.2) is 5.82 Å². The molecule has 5 nitrogen and oxygen atoms in total. The smallest absolute Gasteiger partial charge is 0.313 e. The van der Waals surface area contributed by atoms with Crippen LogP contribution in [-0.2, 0) is 6.18 Å². The molecule has 0 saturated carbocycles. The van der Waals surface area contributed by atoms with Crippen molar-refractivity contribution in [3.63, 3.8) is 0 Å². The van der Waals surface area contributed by atoms with Gasteiger partial charge in [0, 0.05) is 12.4 Å². The minimum absolute atomic E-state index is 0.0238. The molecule has 0 spiro atoms. The number of halogens is 4. The molecule has 0 saturated heterocycles. The summed E-state index contributed by atoms with van der Waals surface area (Å²) in [4.78, 5) is 24.7. The van der Waals surface area contributed by atoms with Gasteiger partial charge in [-0.05, 0) is 12.1 Å². The van der Waals surface area contributed by atoms with Crippen molar-refractivity contribution in [2.45, 2.75) is 6.18 Å². The second kappa shape index (κ2) is 4.86. The molecule has 9 heteroatoms. The highest BCUT2D eigenvalue weighted by Gasteiger charge is 2.31. The maximum atomic E-state index is 14.0. The summed E-state index contributed by atoms with van der Waals surface area (Å²) in [6, 6.07) is 2.15. The van der Waals surface area contributed by atoms with E-state index in [-0.39, 0.29) is 22.3 Å². The van der Waals surface area contributed by atoms with Gasteiger partial charge < -0.3 is 4.98 Å². The van der Waals surface area contributed by atoms with E-state index in [9.17, 15) is 22.4 Å². The molecule has 112 valence electrons. The van der Waals surface area contributed by atoms with Crippen molar-refractivity contribution in [2.75, 3.05) is 0 Å². The molecule has 0 atom stereocenters. The summed E-state index contributed by atoms with van der Waals surface area (Å²) in [7, 11) is 0. The van der Waals surface area contributed by atoms with Crippen molar-refractivity contribution < 1.29 is 17.6 Å². The molecule has 0 bridgehead atoms. The zero-order valence-corrected chi connectivity index (χ0v) is 10.6. The van der Waals surface area contributed by atoms with Gasteiger partial charge in [-0.15, -0.1) is 0 Å². The van der Waals surface area contributed by atoms with Crippen LogP contribution in [0.5, 0.6) is 0 Å². The Labute approximate surface area is 119 Å². The Kier molecular flexibility index (Phi) is 3.12. The molecule has 0 aliphatic rings. The van der Waals surface area contributed by atoms with Crippen molar-refractivity contribution >= 4 is 10.9 Å². The average Bonchev–Trinajstić information content (AvgIpc) is 2.47. The topological polar surface area (TPSA) is 71.5 Å². The fraction of sp³-hybridized carbons (Fsp3) is 0.0769. The van der Waals surface area contributed by atoms with Crippen LogP contribution in [0.2, 0.25) is 0 Å². The monoisotopic (exact) mass is 310 g/mol. The lowest BCUT2D eigenvalue weighted by Crippen LogP contribution is -2.08. The quantitative estimate of drug-likeness (QED) is 0.701. The summed E-state index contributed by atoms with van der Waals surface area (Å²) >= 11 is 0. The molecule has 1 aromatic carbocycles. The highest BCUT2D eigenvalue weighted by atomic mass is 19.4. The first-order valence-electron chi connectivity index (χ1n) is 5.93. The predicted octanol–water partition coefficient (Wildman–Crippen LogP) is 2.54. The van der Waals surface area contributed by atoms with Gasteiger partial charge in [0.25, 0.3) is 5.56 Å². The van der Waals surface area contributed by atoms with E-state index >= 15 is 0 Å². The van der Waals surface area contributed by atoms with Crippen molar-refractivity contribution in [2.24, 2.45) is 0 Å². The molecule has 0 amide bonds. The van der Waals surface area contributed by atoms with Gasteiger partial charge in [-0.3, -0.25) is 4.79 Å². The van der Waals surface area contributed by atoms with Gasteiger partial charge in [0.05, 0.1) is 28.4 Å². The standard InChI is InChI=1S/C13H6F4N4O/c14-9-1-8-10(20-5-21-12(8)22)2-7(9)11-18-3-6(4-19-11)13(15,16)17/h1-5H,(H,20,21,22). The highest BCUT2D eigenvalue weighted by Crippen LogP contribution is 2.29. The van der Waals surface area contributed by atoms with Crippen LogP contribution in [0.25, 0.3) is 22.3 Å². The number of hydrogen-bond acceptors (Lipinski definition) is 4. The summed E-state index contributed by atoms with van der Waals surface area (Å²) < 4.78 is 51.4. The van der Waals surface area contributed by atoms with E-state index in [2.05, 4.69) is 19.9 Å². The molecule has 0 unspecified atom stereocenters. The lowest BCUT2D eigenvalue weighted by Gasteiger charge is -2.07. The lowest BCUT2D eigenvalue weighted by molar-refractivity contribution is -0.138. The Morgan fingerprint density at radius 3 is 2.36 bits per heavy atom. The Hall–Kier alpha value is -2.84. The molecule has 2 heterocycles. The molecule has 0 radical (unpaired) electrons. The summed E-state index contributed by atoms with van der Waals surface area (Å²) in [6.07, 6.45) is -2.30. The van der Waals surface area contributed by atoms with Crippen molar-refractivity contribution in [3.05, 3.63) is 52.6 Å². The molecule has 0 aliphatic carbocycles. The van der Waals surface area contributed by atoms with Gasteiger partial charge in [-0.2, -0.15) is 13.2 Å². The van der Waals surface area contributed by atoms with Crippen molar-refractivity contribution in [3.8, 4) is 11.4 Å². The van der Waals surface area contributed by atoms with E-state index < -0.39 is 23.1 Å². The molecule has 0 fully saturated rings. The number of hydrogen-bond donors (Lipinski definition) is 1. The molecular formula is C13H6F4N4O. The predicted molar refractivity (Wildman–Crippen MR) is 68.3 cm³/mol. The first-order valence-corrected chi connectivity index (χ1v) is 5.93. The maximum absolute atomic E-state index is 14.0. The van der Waals surface area contributed by atoms with Crippen LogP contribution in [0.15, 0.2) is 35.6 Å². The third-order valence-corrected chi connectivity index (χ3v) is 2.95. The minimum atomic E-state index is -4.57. The fourth-order valence-corrected chi connectivity index (χ4v) is 1.87. The fourth-order valence-electron chi connectivity index (χ4n) is 1.87. The third-order valence-electron chi connectivity index (χ3n) is 2.95. The Morgan fingerprint density at radius 2 is 1.73 bits per heavy atom. The first-order chi connectivity index (χ1) is 10.4. The van der Waals surface area contributed by atoms with Crippen LogP contribution in [0, 0.1) is 5.82 Å². The molecular weight excluding hydrogens is 304 g/mol. The third kappa shape index (κ3) is 2.41. The second-order valence-corrected chi connectivity index (χ2v) is 4.37. The van der Waals surface area contributed by atoms with Gasteiger partial charge in [-0.25, -0.2) is 19.3 Å². The number of alkyl halides is 3. The Balaban J connectivity index is 2.14. The van der Waals surface area contributed by atoms with Crippen LogP contribution in [0.1, 0.15) is 5.56 Å². The Bertz CT molecular complexity index is 903. The molecule has 0 aliphatic heterocycles. The normalized spacial score (nSPS) is 11.8. The largest absolute Gasteiger partial charge is 0.419 e. The number of fused-ring (bicyclic) bond motifs is 1. The molecule has 1 N–H and O–H groups in total. The van der Waals surface area contributed by atoms with E-state index in [0.29, 0.717) is 12.4 Å². The Morgan fingerprint density at radius 1 is 1.05 bits per heavy atom. The van der Waals surface area contributed by atoms with E-state index in [1.165, 1.54) is 6.07 Å². The summed E-state index contributed by atoms with van der Waals surface area (Å²) in [5, 5.41) is 0.0238. The van der Waals surface area contributed by atoms with Crippen molar-refractivity contribution in [1.82, 2.24) is 19.9 Å². The van der Waals surface area contributed by atoms with Crippen LogP contribution >= 0.6 is 0 Å². The molecule has 3 aromatic rings. The number of H-pyrrole nitrogens is 1. The number of rotatable bonds is 1. The van der Waals surface area contributed by atoms with Gasteiger partial charge in [0.2, 0.25) is 0 Å². The zero-order chi connectivity index (χ0) is 15.9. The van der Waals surface area contributed by atoms with Crippen LogP contribution in [0.3, 0.4) is 0 Å². The molecule has 3 rings (SSSR count). The van der Waals surface area contributed by atoms with E-state index in [0.717, 1.165) is 12.4 Å². The van der Waals surface area contributed by atoms with Crippen molar-refractivity contribution in [1.29, 1.82) is 0 Å². The zero-order valence-electron chi connectivity index (χ0n) is 10.6. The summed E-state index contributed by atoms with van der Waals surface area (Å²) in [5.41, 5.74) is -1.52. The number of benzene rings is 1. The van der Waals surface area contributed by atoms with Crippen LogP contribution in [0.4, 0.5) is 17.6 Å².